The molecular formula is C18H25NO3S. The van der Waals surface area contributed by atoms with Crippen LogP contribution in [-0.2, 0) is 22.4 Å². The molecule has 1 aromatic rings. The van der Waals surface area contributed by atoms with Crippen LogP contribution in [0.5, 0.6) is 0 Å². The van der Waals surface area contributed by atoms with E-state index in [0.29, 0.717) is 22.9 Å². The molecule has 1 aromatic heterocycles. The molecule has 0 saturated heterocycles. The summed E-state index contributed by atoms with van der Waals surface area (Å²) in [4.78, 5) is 25.7. The van der Waals surface area contributed by atoms with E-state index in [4.69, 9.17) is 4.74 Å². The lowest BCUT2D eigenvalue weighted by molar-refractivity contribution is -0.116. The van der Waals surface area contributed by atoms with Crippen LogP contribution in [0.25, 0.3) is 0 Å². The number of thiophene rings is 1. The van der Waals surface area contributed by atoms with Gasteiger partial charge in [0.1, 0.15) is 5.00 Å². The summed E-state index contributed by atoms with van der Waals surface area (Å²) in [5.74, 6) is 0.411. The van der Waals surface area contributed by atoms with E-state index in [2.05, 4.69) is 5.32 Å². The van der Waals surface area contributed by atoms with Gasteiger partial charge >= 0.3 is 5.97 Å². The zero-order valence-electron chi connectivity index (χ0n) is 13.8. The van der Waals surface area contributed by atoms with Crippen molar-refractivity contribution in [2.75, 3.05) is 12.4 Å². The normalized spacial score (nSPS) is 17.8. The topological polar surface area (TPSA) is 55.4 Å². The number of methoxy groups -OCH3 is 1. The van der Waals surface area contributed by atoms with Crippen LogP contribution in [0.2, 0.25) is 0 Å². The van der Waals surface area contributed by atoms with Crippen LogP contribution in [-0.4, -0.2) is 19.0 Å². The molecule has 5 heteroatoms. The van der Waals surface area contributed by atoms with E-state index in [9.17, 15) is 9.59 Å². The molecule has 0 aromatic carbocycles. The molecule has 23 heavy (non-hydrogen) atoms. The van der Waals surface area contributed by atoms with Gasteiger partial charge in [-0.3, -0.25) is 4.79 Å². The quantitative estimate of drug-likeness (QED) is 0.815. The molecule has 2 aliphatic rings. The van der Waals surface area contributed by atoms with Crippen LogP contribution in [0.15, 0.2) is 0 Å². The number of esters is 1. The van der Waals surface area contributed by atoms with Crippen LogP contribution >= 0.6 is 11.3 Å². The first kappa shape index (κ1) is 16.5. The lowest BCUT2D eigenvalue weighted by Gasteiger charge is -2.12. The highest BCUT2D eigenvalue weighted by Gasteiger charge is 2.27. The van der Waals surface area contributed by atoms with Gasteiger partial charge in [-0.1, -0.05) is 25.7 Å². The fourth-order valence-electron chi connectivity index (χ4n) is 3.80. The number of amides is 1. The molecule has 3 rings (SSSR count). The summed E-state index contributed by atoms with van der Waals surface area (Å²) in [6.07, 6.45) is 10.8. The summed E-state index contributed by atoms with van der Waals surface area (Å²) in [6, 6.07) is 0. The Balaban J connectivity index is 1.69. The summed E-state index contributed by atoms with van der Waals surface area (Å²) >= 11 is 1.56. The fourth-order valence-corrected chi connectivity index (χ4v) is 5.09. The van der Waals surface area contributed by atoms with Crippen molar-refractivity contribution in [2.24, 2.45) is 5.92 Å². The maximum atomic E-state index is 12.3. The van der Waals surface area contributed by atoms with Gasteiger partial charge in [-0.2, -0.15) is 0 Å². The summed E-state index contributed by atoms with van der Waals surface area (Å²) in [5.41, 5.74) is 1.70. The van der Waals surface area contributed by atoms with Gasteiger partial charge in [0.05, 0.1) is 12.7 Å². The standard InChI is InChI=1S/C18H25NO3S/c1-22-18(21)16-13-8-4-5-9-14(13)23-17(16)19-15(20)11-10-12-6-2-3-7-12/h12H,2-11H2,1H3,(H,19,20). The highest BCUT2D eigenvalue weighted by molar-refractivity contribution is 7.17. The van der Waals surface area contributed by atoms with Gasteiger partial charge < -0.3 is 10.1 Å². The van der Waals surface area contributed by atoms with E-state index in [-0.39, 0.29) is 11.9 Å². The SMILES string of the molecule is COC(=O)c1c(NC(=O)CCC2CCCC2)sc2c1CCCC2. The average Bonchev–Trinajstić information content (AvgIpc) is 3.19. The molecule has 1 N–H and O–H groups in total. The van der Waals surface area contributed by atoms with Gasteiger partial charge in [0.2, 0.25) is 5.91 Å². The molecule has 0 radical (unpaired) electrons. The molecular weight excluding hydrogens is 310 g/mol. The predicted octanol–water partition coefficient (Wildman–Crippen LogP) is 4.32. The Morgan fingerprint density at radius 3 is 2.65 bits per heavy atom. The Labute approximate surface area is 141 Å². The molecule has 2 aliphatic carbocycles. The highest BCUT2D eigenvalue weighted by Crippen LogP contribution is 2.38. The summed E-state index contributed by atoms with van der Waals surface area (Å²) in [6.45, 7) is 0. The first-order valence-electron chi connectivity index (χ1n) is 8.71. The molecule has 1 amide bonds. The van der Waals surface area contributed by atoms with Crippen molar-refractivity contribution < 1.29 is 14.3 Å². The van der Waals surface area contributed by atoms with Crippen molar-refractivity contribution in [1.29, 1.82) is 0 Å². The van der Waals surface area contributed by atoms with Crippen molar-refractivity contribution in [1.82, 2.24) is 0 Å². The van der Waals surface area contributed by atoms with Gasteiger partial charge in [0.15, 0.2) is 0 Å². The molecule has 0 unspecified atom stereocenters. The maximum absolute atomic E-state index is 12.3. The van der Waals surface area contributed by atoms with Crippen molar-refractivity contribution >= 4 is 28.2 Å². The Morgan fingerprint density at radius 2 is 1.91 bits per heavy atom. The molecule has 0 bridgehead atoms. The zero-order chi connectivity index (χ0) is 16.2. The Bertz CT molecular complexity index is 587. The number of hydrogen-bond donors (Lipinski definition) is 1. The third kappa shape index (κ3) is 3.77. The molecule has 126 valence electrons. The predicted molar refractivity (Wildman–Crippen MR) is 92.1 cm³/mol. The van der Waals surface area contributed by atoms with Crippen LogP contribution in [0.4, 0.5) is 5.00 Å². The number of nitrogens with one attached hydrogen (secondary N) is 1. The van der Waals surface area contributed by atoms with Crippen molar-refractivity contribution in [3.8, 4) is 0 Å². The molecule has 1 fully saturated rings. The number of rotatable bonds is 5. The Hall–Kier alpha value is -1.36. The minimum atomic E-state index is -0.324. The zero-order valence-corrected chi connectivity index (χ0v) is 14.6. The van der Waals surface area contributed by atoms with E-state index >= 15 is 0 Å². The van der Waals surface area contributed by atoms with E-state index in [0.717, 1.165) is 37.7 Å². The monoisotopic (exact) mass is 335 g/mol. The van der Waals surface area contributed by atoms with Gasteiger partial charge in [-0.15, -0.1) is 11.3 Å². The van der Waals surface area contributed by atoms with E-state index < -0.39 is 0 Å². The van der Waals surface area contributed by atoms with E-state index in [1.54, 1.807) is 11.3 Å². The van der Waals surface area contributed by atoms with Crippen molar-refractivity contribution in [3.63, 3.8) is 0 Å². The van der Waals surface area contributed by atoms with Gasteiger partial charge in [-0.05, 0) is 43.6 Å². The summed E-state index contributed by atoms with van der Waals surface area (Å²) in [5, 5.41) is 3.68. The number of fused-ring (bicyclic) bond motifs is 1. The number of anilines is 1. The average molecular weight is 335 g/mol. The fraction of sp³-hybridized carbons (Fsp3) is 0.667. The minimum absolute atomic E-state index is 0.0284. The number of aryl methyl sites for hydroxylation is 1. The van der Waals surface area contributed by atoms with Crippen LogP contribution < -0.4 is 5.32 Å². The molecule has 1 saturated carbocycles. The van der Waals surface area contributed by atoms with Crippen LogP contribution in [0, 0.1) is 5.92 Å². The number of carbonyl (C=O) groups excluding carboxylic acids is 2. The van der Waals surface area contributed by atoms with Crippen molar-refractivity contribution in [3.05, 3.63) is 16.0 Å². The van der Waals surface area contributed by atoms with Gasteiger partial charge in [-0.25, -0.2) is 4.79 Å². The second-order valence-corrected chi connectivity index (χ2v) is 7.75. The molecule has 1 heterocycles. The molecule has 0 aliphatic heterocycles. The highest BCUT2D eigenvalue weighted by atomic mass is 32.1. The lowest BCUT2D eigenvalue weighted by Crippen LogP contribution is -2.15. The van der Waals surface area contributed by atoms with Gasteiger partial charge in [0, 0.05) is 11.3 Å². The minimum Gasteiger partial charge on any atom is -0.465 e. The molecule has 0 atom stereocenters. The number of carbonyl (C=O) groups is 2. The summed E-state index contributed by atoms with van der Waals surface area (Å²) < 4.78 is 4.94. The second kappa shape index (κ2) is 7.47. The third-order valence-electron chi connectivity index (χ3n) is 5.07. The second-order valence-electron chi connectivity index (χ2n) is 6.64. The first-order valence-corrected chi connectivity index (χ1v) is 9.53. The Kier molecular flexibility index (Phi) is 5.36. The molecule has 4 nitrogen and oxygen atoms in total. The van der Waals surface area contributed by atoms with E-state index in [1.165, 1.54) is 37.7 Å². The largest absolute Gasteiger partial charge is 0.465 e. The van der Waals surface area contributed by atoms with Crippen LogP contribution in [0.1, 0.15) is 72.2 Å². The third-order valence-corrected chi connectivity index (χ3v) is 6.28. The lowest BCUT2D eigenvalue weighted by atomic mass is 9.95. The Morgan fingerprint density at radius 1 is 1.17 bits per heavy atom. The first-order chi connectivity index (χ1) is 11.2. The maximum Gasteiger partial charge on any atom is 0.341 e. The smallest absolute Gasteiger partial charge is 0.341 e. The van der Waals surface area contributed by atoms with Crippen LogP contribution in [0.3, 0.4) is 0 Å². The van der Waals surface area contributed by atoms with E-state index in [1.807, 2.05) is 0 Å². The van der Waals surface area contributed by atoms with Gasteiger partial charge in [0.25, 0.3) is 0 Å². The summed E-state index contributed by atoms with van der Waals surface area (Å²) in [7, 11) is 1.40. The van der Waals surface area contributed by atoms with Crippen molar-refractivity contribution in [2.45, 2.75) is 64.2 Å². The molecule has 0 spiro atoms. The number of ether oxygens (including phenoxy) is 1. The number of hydrogen-bond acceptors (Lipinski definition) is 4.